The summed E-state index contributed by atoms with van der Waals surface area (Å²) in [6.07, 6.45) is 1.04. The summed E-state index contributed by atoms with van der Waals surface area (Å²) in [5.74, 6) is 0.593. The molecule has 0 saturated carbocycles. The maximum absolute atomic E-state index is 13.5. The Morgan fingerprint density at radius 3 is 2.41 bits per heavy atom. The van der Waals surface area contributed by atoms with Gasteiger partial charge in [0.05, 0.1) is 0 Å². The number of hydrogen-bond donors (Lipinski definition) is 0. The minimum atomic E-state index is 0.0790. The van der Waals surface area contributed by atoms with Gasteiger partial charge in [0.15, 0.2) is 0 Å². The minimum absolute atomic E-state index is 0.0790. The van der Waals surface area contributed by atoms with Crippen LogP contribution in [0.25, 0.3) is 21.9 Å². The highest BCUT2D eigenvalue weighted by atomic mass is 16.2. The van der Waals surface area contributed by atoms with Crippen molar-refractivity contribution >= 4 is 16.7 Å². The standard InChI is InChI=1S/C28H24N2O2/c31-27(21-7-2-1-3-8-21)29-16-19-14-24(18-29)26-13-12-25(28(32)30(26)17-19)23-11-10-20-6-4-5-9-22(20)15-23/h1-13,15,19,24H,14,16-18H2/t19-,24+/m0/s1. The van der Waals surface area contributed by atoms with Crippen LogP contribution in [0.2, 0.25) is 0 Å². The third-order valence-corrected chi connectivity index (χ3v) is 6.97. The van der Waals surface area contributed by atoms with Gasteiger partial charge in [0.25, 0.3) is 11.5 Å². The normalized spacial score (nSPS) is 19.6. The number of amides is 1. The topological polar surface area (TPSA) is 42.3 Å². The third-order valence-electron chi connectivity index (χ3n) is 6.97. The van der Waals surface area contributed by atoms with Crippen molar-refractivity contribution in [1.29, 1.82) is 0 Å². The van der Waals surface area contributed by atoms with Crippen molar-refractivity contribution in [2.24, 2.45) is 5.92 Å². The Hall–Kier alpha value is -3.66. The zero-order valence-corrected chi connectivity index (χ0v) is 17.8. The van der Waals surface area contributed by atoms with Gasteiger partial charge in [0.1, 0.15) is 0 Å². The van der Waals surface area contributed by atoms with Crippen LogP contribution >= 0.6 is 0 Å². The minimum Gasteiger partial charge on any atom is -0.338 e. The number of nitrogens with zero attached hydrogens (tertiary/aromatic N) is 2. The van der Waals surface area contributed by atoms with E-state index in [2.05, 4.69) is 30.3 Å². The van der Waals surface area contributed by atoms with Gasteiger partial charge in [-0.1, -0.05) is 54.6 Å². The predicted molar refractivity (Wildman–Crippen MR) is 127 cm³/mol. The van der Waals surface area contributed by atoms with E-state index in [1.165, 1.54) is 5.39 Å². The second-order valence-electron chi connectivity index (χ2n) is 9.02. The monoisotopic (exact) mass is 420 g/mol. The van der Waals surface area contributed by atoms with Crippen LogP contribution in [0.5, 0.6) is 0 Å². The van der Waals surface area contributed by atoms with Gasteiger partial charge in [0, 0.05) is 42.4 Å². The number of benzene rings is 3. The van der Waals surface area contributed by atoms with Crippen molar-refractivity contribution in [3.05, 3.63) is 107 Å². The van der Waals surface area contributed by atoms with Crippen LogP contribution in [0.15, 0.2) is 89.7 Å². The van der Waals surface area contributed by atoms with Crippen LogP contribution in [-0.4, -0.2) is 28.5 Å². The lowest BCUT2D eigenvalue weighted by Gasteiger charge is -2.43. The number of hydrogen-bond acceptors (Lipinski definition) is 2. The number of aromatic nitrogens is 1. The van der Waals surface area contributed by atoms with Gasteiger partial charge in [-0.05, 0) is 59.0 Å². The summed E-state index contributed by atoms with van der Waals surface area (Å²) in [4.78, 5) is 28.5. The molecular formula is C28H24N2O2. The molecule has 0 N–H and O–H groups in total. The van der Waals surface area contributed by atoms with E-state index in [1.54, 1.807) is 0 Å². The van der Waals surface area contributed by atoms with Crippen molar-refractivity contribution in [3.8, 4) is 11.1 Å². The number of piperidine rings is 1. The molecule has 158 valence electrons. The van der Waals surface area contributed by atoms with Gasteiger partial charge in [-0.15, -0.1) is 0 Å². The van der Waals surface area contributed by atoms with Crippen molar-refractivity contribution in [3.63, 3.8) is 0 Å². The molecule has 3 heterocycles. The molecule has 4 aromatic rings. The molecule has 4 heteroatoms. The molecule has 0 aliphatic carbocycles. The number of fused-ring (bicyclic) bond motifs is 5. The molecule has 2 bridgehead atoms. The van der Waals surface area contributed by atoms with Crippen LogP contribution in [0, 0.1) is 5.92 Å². The lowest BCUT2D eigenvalue weighted by atomic mass is 9.82. The molecule has 4 nitrogen and oxygen atoms in total. The molecule has 2 aliphatic rings. The highest BCUT2D eigenvalue weighted by molar-refractivity contribution is 5.94. The van der Waals surface area contributed by atoms with E-state index in [-0.39, 0.29) is 17.4 Å². The molecule has 0 unspecified atom stereocenters. The van der Waals surface area contributed by atoms with Gasteiger partial charge in [0.2, 0.25) is 0 Å². The SMILES string of the molecule is O=C(c1ccccc1)N1C[C@@H]2C[C@H](C1)c1ccc(-c3ccc4ccccc4c3)c(=O)n1C2. The van der Waals surface area contributed by atoms with Gasteiger partial charge in [-0.25, -0.2) is 0 Å². The first-order chi connectivity index (χ1) is 15.7. The largest absolute Gasteiger partial charge is 0.338 e. The van der Waals surface area contributed by atoms with E-state index in [0.717, 1.165) is 34.2 Å². The molecule has 1 aromatic heterocycles. The zero-order valence-electron chi connectivity index (χ0n) is 17.8. The predicted octanol–water partition coefficient (Wildman–Crippen LogP) is 4.93. The number of rotatable bonds is 2. The van der Waals surface area contributed by atoms with Crippen LogP contribution in [0.4, 0.5) is 0 Å². The van der Waals surface area contributed by atoms with Gasteiger partial charge in [-0.2, -0.15) is 0 Å². The fraction of sp³-hybridized carbons (Fsp3) is 0.214. The van der Waals surface area contributed by atoms with Gasteiger partial charge < -0.3 is 9.47 Å². The van der Waals surface area contributed by atoms with E-state index < -0.39 is 0 Å². The van der Waals surface area contributed by atoms with Gasteiger partial charge in [-0.3, -0.25) is 9.59 Å². The Morgan fingerprint density at radius 2 is 1.56 bits per heavy atom. The number of carbonyl (C=O) groups is 1. The second kappa shape index (κ2) is 7.49. The summed E-state index contributed by atoms with van der Waals surface area (Å²) in [6, 6.07) is 28.0. The fourth-order valence-electron chi connectivity index (χ4n) is 5.45. The lowest BCUT2D eigenvalue weighted by molar-refractivity contribution is 0.0594. The van der Waals surface area contributed by atoms with Crippen LogP contribution in [-0.2, 0) is 6.54 Å². The Kier molecular flexibility index (Phi) is 4.46. The molecule has 6 rings (SSSR count). The van der Waals surface area contributed by atoms with Crippen molar-refractivity contribution in [2.75, 3.05) is 13.1 Å². The Labute approximate surface area is 186 Å². The Morgan fingerprint density at radius 1 is 0.781 bits per heavy atom. The van der Waals surface area contributed by atoms with E-state index in [4.69, 9.17) is 0 Å². The zero-order chi connectivity index (χ0) is 21.7. The summed E-state index contributed by atoms with van der Waals surface area (Å²) in [5, 5.41) is 2.31. The number of likely N-dealkylation sites (tertiary alicyclic amines) is 1. The summed E-state index contributed by atoms with van der Waals surface area (Å²) >= 11 is 0. The van der Waals surface area contributed by atoms with Crippen molar-refractivity contribution < 1.29 is 4.79 Å². The van der Waals surface area contributed by atoms with Crippen molar-refractivity contribution in [2.45, 2.75) is 18.9 Å². The third kappa shape index (κ3) is 3.14. The molecular weight excluding hydrogens is 396 g/mol. The fourth-order valence-corrected chi connectivity index (χ4v) is 5.45. The number of pyridine rings is 1. The lowest BCUT2D eigenvalue weighted by Crippen LogP contribution is -2.49. The molecule has 2 aliphatic heterocycles. The van der Waals surface area contributed by atoms with E-state index in [0.29, 0.717) is 25.6 Å². The highest BCUT2D eigenvalue weighted by Gasteiger charge is 2.36. The maximum Gasteiger partial charge on any atom is 0.258 e. The van der Waals surface area contributed by atoms with E-state index in [9.17, 15) is 9.59 Å². The first kappa shape index (κ1) is 19.1. The smallest absolute Gasteiger partial charge is 0.258 e. The van der Waals surface area contributed by atoms with Crippen molar-refractivity contribution in [1.82, 2.24) is 9.47 Å². The summed E-state index contributed by atoms with van der Waals surface area (Å²) in [6.45, 7) is 2.04. The summed E-state index contributed by atoms with van der Waals surface area (Å²) < 4.78 is 1.97. The molecule has 1 amide bonds. The number of carbonyl (C=O) groups excluding carboxylic acids is 1. The first-order valence-electron chi connectivity index (χ1n) is 11.2. The van der Waals surface area contributed by atoms with Crippen LogP contribution < -0.4 is 5.56 Å². The average Bonchev–Trinajstić information content (AvgIpc) is 2.84. The van der Waals surface area contributed by atoms with E-state index in [1.807, 2.05) is 64.1 Å². The quantitative estimate of drug-likeness (QED) is 0.462. The van der Waals surface area contributed by atoms with Gasteiger partial charge >= 0.3 is 0 Å². The molecule has 1 fully saturated rings. The second-order valence-corrected chi connectivity index (χ2v) is 9.02. The molecule has 2 atom stereocenters. The molecule has 1 saturated heterocycles. The Bertz CT molecular complexity index is 1390. The summed E-state index contributed by atoms with van der Waals surface area (Å²) in [7, 11) is 0. The molecule has 3 aromatic carbocycles. The van der Waals surface area contributed by atoms with Crippen LogP contribution in [0.1, 0.15) is 28.4 Å². The maximum atomic E-state index is 13.5. The Balaban J connectivity index is 1.34. The van der Waals surface area contributed by atoms with Crippen LogP contribution in [0.3, 0.4) is 0 Å². The molecule has 32 heavy (non-hydrogen) atoms. The molecule has 0 radical (unpaired) electrons. The average molecular weight is 421 g/mol. The summed E-state index contributed by atoms with van der Waals surface area (Å²) in [5.41, 5.74) is 3.57. The molecule has 0 spiro atoms. The highest BCUT2D eigenvalue weighted by Crippen LogP contribution is 2.36. The first-order valence-corrected chi connectivity index (χ1v) is 11.2. The van der Waals surface area contributed by atoms with E-state index >= 15 is 0 Å².